The summed E-state index contributed by atoms with van der Waals surface area (Å²) in [4.78, 5) is 23.9. The lowest BCUT2D eigenvalue weighted by atomic mass is 9.77. The first-order chi connectivity index (χ1) is 11.4. The molecule has 0 aliphatic heterocycles. The summed E-state index contributed by atoms with van der Waals surface area (Å²) in [7, 11) is 1.21. The molecule has 7 heteroatoms. The van der Waals surface area contributed by atoms with Gasteiger partial charge in [-0.05, 0) is 12.8 Å². The number of carbonyl (C=O) groups excluding carboxylic acids is 1. The Hall–Kier alpha value is -2.18. The summed E-state index contributed by atoms with van der Waals surface area (Å²) in [6, 6.07) is 1.66. The fourth-order valence-corrected chi connectivity index (χ4v) is 3.15. The average molecular weight is 341 g/mol. The predicted octanol–water partition coefficient (Wildman–Crippen LogP) is 3.73. The molecule has 1 aliphatic carbocycles. The number of hydrogen-bond donors (Lipinski definition) is 2. The SMILES string of the molecule is COc1cc(F)c(NC(=O)CC2(C(=O)O)CCCCCC2)cc1F. The number of halogens is 2. The quantitative estimate of drug-likeness (QED) is 0.800. The number of methoxy groups -OCH3 is 1. The van der Waals surface area contributed by atoms with Crippen molar-refractivity contribution in [3.8, 4) is 5.75 Å². The van der Waals surface area contributed by atoms with Gasteiger partial charge in [-0.3, -0.25) is 9.59 Å². The normalized spacial score (nSPS) is 17.0. The third-order valence-electron chi connectivity index (χ3n) is 4.53. The van der Waals surface area contributed by atoms with Gasteiger partial charge in [-0.2, -0.15) is 0 Å². The van der Waals surface area contributed by atoms with Crippen LogP contribution in [-0.4, -0.2) is 24.1 Å². The van der Waals surface area contributed by atoms with Gasteiger partial charge < -0.3 is 15.2 Å². The first-order valence-electron chi connectivity index (χ1n) is 7.94. The van der Waals surface area contributed by atoms with E-state index in [1.54, 1.807) is 0 Å². The van der Waals surface area contributed by atoms with E-state index in [9.17, 15) is 23.5 Å². The minimum Gasteiger partial charge on any atom is -0.494 e. The maximum Gasteiger partial charge on any atom is 0.310 e. The first kappa shape index (κ1) is 18.2. The van der Waals surface area contributed by atoms with Crippen LogP contribution in [0.2, 0.25) is 0 Å². The zero-order chi connectivity index (χ0) is 17.7. The van der Waals surface area contributed by atoms with Gasteiger partial charge in [0, 0.05) is 18.6 Å². The molecule has 1 aliphatic rings. The Morgan fingerprint density at radius 3 is 2.33 bits per heavy atom. The molecule has 2 rings (SSSR count). The van der Waals surface area contributed by atoms with Gasteiger partial charge in [0.15, 0.2) is 17.4 Å². The lowest BCUT2D eigenvalue weighted by molar-refractivity contribution is -0.152. The van der Waals surface area contributed by atoms with E-state index in [2.05, 4.69) is 10.1 Å². The van der Waals surface area contributed by atoms with Gasteiger partial charge in [0.1, 0.15) is 0 Å². The van der Waals surface area contributed by atoms with Crippen LogP contribution in [-0.2, 0) is 9.59 Å². The number of carboxylic acid groups (broad SMARTS) is 1. The highest BCUT2D eigenvalue weighted by Crippen LogP contribution is 2.39. The van der Waals surface area contributed by atoms with Crippen LogP contribution in [0.5, 0.6) is 5.75 Å². The van der Waals surface area contributed by atoms with E-state index in [1.807, 2.05) is 0 Å². The molecule has 0 bridgehead atoms. The molecule has 132 valence electrons. The minimum atomic E-state index is -1.14. The van der Waals surface area contributed by atoms with Gasteiger partial charge in [-0.15, -0.1) is 0 Å². The minimum absolute atomic E-state index is 0.255. The molecular weight excluding hydrogens is 320 g/mol. The summed E-state index contributed by atoms with van der Waals surface area (Å²) in [5.74, 6) is -3.57. The number of carboxylic acids is 1. The van der Waals surface area contributed by atoms with Crippen LogP contribution in [0.1, 0.15) is 44.9 Å². The summed E-state index contributed by atoms with van der Waals surface area (Å²) in [6.07, 6.45) is 3.93. The summed E-state index contributed by atoms with van der Waals surface area (Å²) < 4.78 is 32.2. The van der Waals surface area contributed by atoms with Gasteiger partial charge >= 0.3 is 5.97 Å². The van der Waals surface area contributed by atoms with E-state index in [1.165, 1.54) is 7.11 Å². The van der Waals surface area contributed by atoms with Crippen molar-refractivity contribution in [1.82, 2.24) is 0 Å². The number of hydrogen-bond acceptors (Lipinski definition) is 3. The molecule has 0 radical (unpaired) electrons. The van der Waals surface area contributed by atoms with Gasteiger partial charge in [0.25, 0.3) is 0 Å². The summed E-state index contributed by atoms with van der Waals surface area (Å²) in [5.41, 5.74) is -1.46. The number of anilines is 1. The first-order valence-corrected chi connectivity index (χ1v) is 7.94. The van der Waals surface area contributed by atoms with Crippen LogP contribution >= 0.6 is 0 Å². The van der Waals surface area contributed by atoms with Crippen LogP contribution in [0, 0.1) is 17.0 Å². The van der Waals surface area contributed by atoms with Gasteiger partial charge in [0.05, 0.1) is 18.2 Å². The number of rotatable bonds is 5. The molecule has 0 spiro atoms. The summed E-state index contributed by atoms with van der Waals surface area (Å²) in [5, 5.41) is 11.8. The molecule has 5 nitrogen and oxygen atoms in total. The lowest BCUT2D eigenvalue weighted by Crippen LogP contribution is -2.35. The van der Waals surface area contributed by atoms with Crippen molar-refractivity contribution in [3.63, 3.8) is 0 Å². The van der Waals surface area contributed by atoms with Crippen molar-refractivity contribution in [1.29, 1.82) is 0 Å². The van der Waals surface area contributed by atoms with Crippen molar-refractivity contribution >= 4 is 17.6 Å². The van der Waals surface area contributed by atoms with Crippen molar-refractivity contribution in [2.45, 2.75) is 44.9 Å². The highest BCUT2D eigenvalue weighted by Gasteiger charge is 2.40. The molecule has 0 heterocycles. The zero-order valence-corrected chi connectivity index (χ0v) is 13.5. The van der Waals surface area contributed by atoms with Crippen LogP contribution < -0.4 is 10.1 Å². The van der Waals surface area contributed by atoms with Crippen molar-refractivity contribution < 1.29 is 28.2 Å². The average Bonchev–Trinajstić information content (AvgIpc) is 2.77. The van der Waals surface area contributed by atoms with Gasteiger partial charge in [0.2, 0.25) is 5.91 Å². The standard InChI is InChI=1S/C17H21F2NO4/c1-24-14-9-11(18)13(8-12(14)19)20-15(21)10-17(16(22)23)6-4-2-3-5-7-17/h8-9H,2-7,10H2,1H3,(H,20,21)(H,22,23). The maximum atomic E-state index is 13.9. The number of carbonyl (C=O) groups is 2. The maximum absolute atomic E-state index is 13.9. The third-order valence-corrected chi connectivity index (χ3v) is 4.53. The second-order valence-electron chi connectivity index (χ2n) is 6.19. The Balaban J connectivity index is 2.14. The Bertz CT molecular complexity index is 625. The van der Waals surface area contributed by atoms with Crippen molar-refractivity contribution in [2.75, 3.05) is 12.4 Å². The molecule has 24 heavy (non-hydrogen) atoms. The highest BCUT2D eigenvalue weighted by atomic mass is 19.1. The van der Waals surface area contributed by atoms with Crippen LogP contribution in [0.3, 0.4) is 0 Å². The second-order valence-corrected chi connectivity index (χ2v) is 6.19. The molecule has 1 saturated carbocycles. The number of nitrogens with one attached hydrogen (secondary N) is 1. The van der Waals surface area contributed by atoms with Gasteiger partial charge in [-0.25, -0.2) is 8.78 Å². The fraction of sp³-hybridized carbons (Fsp3) is 0.529. The van der Waals surface area contributed by atoms with Crippen molar-refractivity contribution in [2.24, 2.45) is 5.41 Å². The second kappa shape index (κ2) is 7.59. The number of ether oxygens (including phenoxy) is 1. The fourth-order valence-electron chi connectivity index (χ4n) is 3.15. The van der Waals surface area contributed by atoms with E-state index in [4.69, 9.17) is 0 Å². The molecular formula is C17H21F2NO4. The number of benzene rings is 1. The molecule has 2 N–H and O–H groups in total. The van der Waals surface area contributed by atoms with Crippen LogP contribution in [0.25, 0.3) is 0 Å². The molecule has 0 unspecified atom stereocenters. The van der Waals surface area contributed by atoms with E-state index < -0.39 is 28.9 Å². The highest BCUT2D eigenvalue weighted by molar-refractivity contribution is 5.94. The van der Waals surface area contributed by atoms with E-state index >= 15 is 0 Å². The smallest absolute Gasteiger partial charge is 0.310 e. The molecule has 0 saturated heterocycles. The predicted molar refractivity (Wildman–Crippen MR) is 83.9 cm³/mol. The zero-order valence-electron chi connectivity index (χ0n) is 13.5. The summed E-state index contributed by atoms with van der Waals surface area (Å²) in [6.45, 7) is 0. The molecule has 0 aromatic heterocycles. The molecule has 0 atom stereocenters. The Morgan fingerprint density at radius 2 is 1.79 bits per heavy atom. The molecule has 1 amide bonds. The Labute approximate surface area is 139 Å². The number of amides is 1. The van der Waals surface area contributed by atoms with Crippen molar-refractivity contribution in [3.05, 3.63) is 23.8 Å². The Morgan fingerprint density at radius 1 is 1.17 bits per heavy atom. The third kappa shape index (κ3) is 4.01. The van der Waals surface area contributed by atoms with E-state index in [0.717, 1.165) is 37.8 Å². The topological polar surface area (TPSA) is 75.6 Å². The van der Waals surface area contributed by atoms with Crippen LogP contribution in [0.15, 0.2) is 12.1 Å². The van der Waals surface area contributed by atoms with Gasteiger partial charge in [-0.1, -0.05) is 25.7 Å². The monoisotopic (exact) mass is 341 g/mol. The number of aliphatic carboxylic acids is 1. The van der Waals surface area contributed by atoms with E-state index in [0.29, 0.717) is 12.8 Å². The molecule has 1 aromatic rings. The molecule has 1 aromatic carbocycles. The lowest BCUT2D eigenvalue weighted by Gasteiger charge is -2.27. The van der Waals surface area contributed by atoms with Crippen LogP contribution in [0.4, 0.5) is 14.5 Å². The van der Waals surface area contributed by atoms with E-state index in [-0.39, 0.29) is 17.9 Å². The largest absolute Gasteiger partial charge is 0.494 e. The Kier molecular flexibility index (Phi) is 5.75. The summed E-state index contributed by atoms with van der Waals surface area (Å²) >= 11 is 0. The molecule has 1 fully saturated rings.